The summed E-state index contributed by atoms with van der Waals surface area (Å²) in [6.45, 7) is 6.78. The summed E-state index contributed by atoms with van der Waals surface area (Å²) in [7, 11) is -2.66. The predicted molar refractivity (Wildman–Crippen MR) is 156 cm³/mol. The molecule has 0 aliphatic rings. The van der Waals surface area contributed by atoms with E-state index in [1.165, 1.54) is 24.1 Å². The first-order chi connectivity index (χ1) is 18.4. The summed E-state index contributed by atoms with van der Waals surface area (Å²) in [5.41, 5.74) is 1.97. The van der Waals surface area contributed by atoms with Gasteiger partial charge in [0.05, 0.1) is 17.7 Å². The fourth-order valence-corrected chi connectivity index (χ4v) is 5.58. The highest BCUT2D eigenvalue weighted by atomic mass is 79.9. The fraction of sp³-hybridized carbons (Fsp3) is 0.310. The summed E-state index contributed by atoms with van der Waals surface area (Å²) in [6, 6.07) is 19.4. The molecule has 0 aromatic heterocycles. The molecule has 3 rings (SSSR count). The molecule has 10 heteroatoms. The van der Waals surface area contributed by atoms with Gasteiger partial charge in [-0.3, -0.25) is 13.9 Å². The standard InChI is InChI=1S/C29H34BrN3O5S/c1-20(2)31-29(35)22(4)32(18-23-11-13-24(30)14-12-23)28(34)19-33(25-7-6-8-26(17-25)38-5)39(36,37)27-15-9-21(3)10-16-27/h6-17,20,22H,18-19H2,1-5H3,(H,31,35)/t22-/m1/s1. The van der Waals surface area contributed by atoms with Gasteiger partial charge < -0.3 is 15.0 Å². The number of nitrogens with zero attached hydrogens (tertiary/aromatic N) is 2. The molecule has 0 heterocycles. The van der Waals surface area contributed by atoms with Crippen LogP contribution in [0.1, 0.15) is 31.9 Å². The highest BCUT2D eigenvalue weighted by Crippen LogP contribution is 2.28. The number of halogens is 1. The SMILES string of the molecule is COc1cccc(N(CC(=O)N(Cc2ccc(Br)cc2)[C@H](C)C(=O)NC(C)C)S(=O)(=O)c2ccc(C)cc2)c1. The number of benzene rings is 3. The van der Waals surface area contributed by atoms with Crippen molar-refractivity contribution in [2.24, 2.45) is 0 Å². The van der Waals surface area contributed by atoms with E-state index >= 15 is 0 Å². The molecular weight excluding hydrogens is 582 g/mol. The number of aryl methyl sites for hydroxylation is 1. The number of rotatable bonds is 11. The number of ether oxygens (including phenoxy) is 1. The average molecular weight is 617 g/mol. The van der Waals surface area contributed by atoms with Crippen LogP contribution >= 0.6 is 15.9 Å². The first kappa shape index (κ1) is 30.2. The number of carbonyl (C=O) groups is 2. The van der Waals surface area contributed by atoms with E-state index in [-0.39, 0.29) is 29.1 Å². The number of sulfonamides is 1. The Balaban J connectivity index is 2.04. The maximum atomic E-state index is 13.9. The topological polar surface area (TPSA) is 96.0 Å². The lowest BCUT2D eigenvalue weighted by atomic mass is 10.1. The van der Waals surface area contributed by atoms with Crippen LogP contribution in [0, 0.1) is 6.92 Å². The second-order valence-electron chi connectivity index (χ2n) is 9.51. The molecule has 208 valence electrons. The van der Waals surface area contributed by atoms with Crippen molar-refractivity contribution in [2.75, 3.05) is 18.0 Å². The van der Waals surface area contributed by atoms with Gasteiger partial charge >= 0.3 is 0 Å². The van der Waals surface area contributed by atoms with Gasteiger partial charge in [-0.15, -0.1) is 0 Å². The van der Waals surface area contributed by atoms with Crippen LogP contribution < -0.4 is 14.4 Å². The van der Waals surface area contributed by atoms with Crippen molar-refractivity contribution >= 4 is 43.5 Å². The number of amides is 2. The molecule has 3 aromatic rings. The van der Waals surface area contributed by atoms with E-state index in [9.17, 15) is 18.0 Å². The number of hydrogen-bond donors (Lipinski definition) is 1. The molecule has 2 amide bonds. The van der Waals surface area contributed by atoms with Gasteiger partial charge in [-0.1, -0.05) is 51.8 Å². The molecule has 0 saturated heterocycles. The van der Waals surface area contributed by atoms with Gasteiger partial charge in [0, 0.05) is 23.1 Å². The van der Waals surface area contributed by atoms with Crippen LogP contribution in [0.2, 0.25) is 0 Å². The summed E-state index contributed by atoms with van der Waals surface area (Å²) in [5, 5.41) is 2.85. The summed E-state index contributed by atoms with van der Waals surface area (Å²) in [5.74, 6) is -0.409. The van der Waals surface area contributed by atoms with E-state index in [2.05, 4.69) is 21.2 Å². The molecule has 0 aliphatic heterocycles. The molecule has 0 bridgehead atoms. The van der Waals surface area contributed by atoms with Crippen LogP contribution in [-0.2, 0) is 26.2 Å². The van der Waals surface area contributed by atoms with E-state index < -0.39 is 28.5 Å². The van der Waals surface area contributed by atoms with Crippen LogP contribution in [0.4, 0.5) is 5.69 Å². The highest BCUT2D eigenvalue weighted by Gasteiger charge is 2.32. The van der Waals surface area contributed by atoms with Gasteiger partial charge in [-0.2, -0.15) is 0 Å². The van der Waals surface area contributed by atoms with Crippen molar-refractivity contribution in [2.45, 2.75) is 51.2 Å². The number of nitrogens with one attached hydrogen (secondary N) is 1. The van der Waals surface area contributed by atoms with Crippen LogP contribution in [0.15, 0.2) is 82.2 Å². The Kier molecular flexibility index (Phi) is 10.2. The summed E-state index contributed by atoms with van der Waals surface area (Å²) < 4.78 is 35.0. The third-order valence-corrected chi connectivity index (χ3v) is 8.41. The van der Waals surface area contributed by atoms with E-state index in [0.717, 1.165) is 19.9 Å². The van der Waals surface area contributed by atoms with Crippen molar-refractivity contribution in [1.29, 1.82) is 0 Å². The van der Waals surface area contributed by atoms with E-state index in [1.807, 2.05) is 45.0 Å². The van der Waals surface area contributed by atoms with Crippen molar-refractivity contribution in [1.82, 2.24) is 10.2 Å². The molecular formula is C29H34BrN3O5S. The van der Waals surface area contributed by atoms with Crippen molar-refractivity contribution in [3.05, 3.63) is 88.4 Å². The highest BCUT2D eigenvalue weighted by molar-refractivity contribution is 9.10. The lowest BCUT2D eigenvalue weighted by molar-refractivity contribution is -0.139. The first-order valence-corrected chi connectivity index (χ1v) is 14.7. The minimum Gasteiger partial charge on any atom is -0.497 e. The van der Waals surface area contributed by atoms with Crippen LogP contribution in [0.3, 0.4) is 0 Å². The number of anilines is 1. The largest absolute Gasteiger partial charge is 0.497 e. The Bertz CT molecular complexity index is 1390. The number of methoxy groups -OCH3 is 1. The molecule has 0 aliphatic carbocycles. The molecule has 0 radical (unpaired) electrons. The zero-order chi connectivity index (χ0) is 28.7. The molecule has 0 fully saturated rings. The fourth-order valence-electron chi connectivity index (χ4n) is 3.91. The molecule has 0 spiro atoms. The van der Waals surface area contributed by atoms with Crippen molar-refractivity contribution in [3.8, 4) is 5.75 Å². The molecule has 3 aromatic carbocycles. The Hall–Kier alpha value is -3.37. The molecule has 1 atom stereocenters. The third-order valence-electron chi connectivity index (χ3n) is 6.09. The summed E-state index contributed by atoms with van der Waals surface area (Å²) in [6.07, 6.45) is 0. The lowest BCUT2D eigenvalue weighted by Crippen LogP contribution is -2.52. The van der Waals surface area contributed by atoms with Crippen LogP contribution in [0.25, 0.3) is 0 Å². The van der Waals surface area contributed by atoms with Gasteiger partial charge in [-0.05, 0) is 69.7 Å². The average Bonchev–Trinajstić information content (AvgIpc) is 2.90. The minimum absolute atomic E-state index is 0.0498. The quantitative estimate of drug-likeness (QED) is 0.331. The summed E-state index contributed by atoms with van der Waals surface area (Å²) in [4.78, 5) is 28.3. The predicted octanol–water partition coefficient (Wildman–Crippen LogP) is 4.90. The smallest absolute Gasteiger partial charge is 0.264 e. The van der Waals surface area contributed by atoms with E-state index in [1.54, 1.807) is 43.3 Å². The molecule has 1 N–H and O–H groups in total. The van der Waals surface area contributed by atoms with Gasteiger partial charge in [0.2, 0.25) is 11.8 Å². The molecule has 8 nitrogen and oxygen atoms in total. The maximum Gasteiger partial charge on any atom is 0.264 e. The van der Waals surface area contributed by atoms with Gasteiger partial charge in [0.15, 0.2) is 0 Å². The van der Waals surface area contributed by atoms with Gasteiger partial charge in [-0.25, -0.2) is 8.42 Å². The maximum absolute atomic E-state index is 13.9. The second-order valence-corrected chi connectivity index (χ2v) is 12.3. The molecule has 0 saturated carbocycles. The zero-order valence-corrected chi connectivity index (χ0v) is 25.1. The molecule has 39 heavy (non-hydrogen) atoms. The number of hydrogen-bond acceptors (Lipinski definition) is 5. The van der Waals surface area contributed by atoms with Crippen LogP contribution in [0.5, 0.6) is 5.75 Å². The summed E-state index contributed by atoms with van der Waals surface area (Å²) >= 11 is 3.41. The Labute approximate surface area is 239 Å². The van der Waals surface area contributed by atoms with Crippen molar-refractivity contribution in [3.63, 3.8) is 0 Å². The van der Waals surface area contributed by atoms with E-state index in [4.69, 9.17) is 4.74 Å². The minimum atomic E-state index is -4.14. The Morgan fingerprint density at radius 1 is 0.974 bits per heavy atom. The second kappa shape index (κ2) is 13.1. The zero-order valence-electron chi connectivity index (χ0n) is 22.7. The third kappa shape index (κ3) is 7.83. The van der Waals surface area contributed by atoms with Crippen molar-refractivity contribution < 1.29 is 22.7 Å². The first-order valence-electron chi connectivity index (χ1n) is 12.5. The number of carbonyl (C=O) groups excluding carboxylic acids is 2. The Morgan fingerprint density at radius 3 is 2.21 bits per heavy atom. The van der Waals surface area contributed by atoms with Gasteiger partial charge in [0.25, 0.3) is 10.0 Å². The van der Waals surface area contributed by atoms with E-state index in [0.29, 0.717) is 5.75 Å². The lowest BCUT2D eigenvalue weighted by Gasteiger charge is -2.32. The van der Waals surface area contributed by atoms with Gasteiger partial charge in [0.1, 0.15) is 18.3 Å². The molecule has 0 unspecified atom stereocenters. The normalized spacial score (nSPS) is 12.1. The monoisotopic (exact) mass is 615 g/mol. The Morgan fingerprint density at radius 2 is 1.62 bits per heavy atom. The van der Waals surface area contributed by atoms with Crippen LogP contribution in [-0.4, -0.2) is 50.9 Å².